The molecule has 0 N–H and O–H groups in total. The van der Waals surface area contributed by atoms with E-state index in [1.54, 1.807) is 27.8 Å². The van der Waals surface area contributed by atoms with Crippen molar-refractivity contribution in [3.05, 3.63) is 58.9 Å². The summed E-state index contributed by atoms with van der Waals surface area (Å²) in [6.45, 7) is 0. The molecule has 20 heavy (non-hydrogen) atoms. The summed E-state index contributed by atoms with van der Waals surface area (Å²) in [6.07, 6.45) is 4.15. The van der Waals surface area contributed by atoms with Gasteiger partial charge in [-0.15, -0.1) is 5.10 Å². The Morgan fingerprint density at radius 1 is 1.30 bits per heavy atom. The molecule has 0 unspecified atom stereocenters. The van der Waals surface area contributed by atoms with Gasteiger partial charge in [0, 0.05) is 25.4 Å². The second-order valence-corrected chi connectivity index (χ2v) is 4.78. The third kappa shape index (κ3) is 2.42. The van der Waals surface area contributed by atoms with Crippen LogP contribution < -0.4 is 0 Å². The summed E-state index contributed by atoms with van der Waals surface area (Å²) in [4.78, 5) is 0. The summed E-state index contributed by atoms with van der Waals surface area (Å²) in [6, 6.07) is 6.34. The van der Waals surface area contributed by atoms with Crippen molar-refractivity contribution in [1.82, 2.24) is 24.8 Å². The molecule has 5 nitrogen and oxygen atoms in total. The van der Waals surface area contributed by atoms with Crippen LogP contribution in [0.1, 0.15) is 11.4 Å². The van der Waals surface area contributed by atoms with Crippen LogP contribution in [0.5, 0.6) is 0 Å². The normalized spacial score (nSPS) is 10.9. The lowest BCUT2D eigenvalue weighted by Gasteiger charge is -2.01. The number of hydrogen-bond acceptors (Lipinski definition) is 3. The molecule has 102 valence electrons. The van der Waals surface area contributed by atoms with E-state index in [0.717, 1.165) is 11.4 Å². The maximum Gasteiger partial charge on any atom is 0.141 e. The molecule has 0 aliphatic carbocycles. The van der Waals surface area contributed by atoms with E-state index in [0.29, 0.717) is 12.1 Å². The highest BCUT2D eigenvalue weighted by Crippen LogP contribution is 2.18. The Kier molecular flexibility index (Phi) is 3.23. The molecule has 2 aromatic heterocycles. The van der Waals surface area contributed by atoms with Crippen molar-refractivity contribution in [2.75, 3.05) is 0 Å². The first-order valence-electron chi connectivity index (χ1n) is 5.97. The molecule has 0 fully saturated rings. The second-order valence-electron chi connectivity index (χ2n) is 4.38. The van der Waals surface area contributed by atoms with E-state index in [1.807, 2.05) is 13.1 Å². The molecule has 0 saturated carbocycles. The Hall–Kier alpha value is -2.21. The van der Waals surface area contributed by atoms with Gasteiger partial charge in [-0.2, -0.15) is 5.10 Å². The fraction of sp³-hybridized carbons (Fsp3) is 0.154. The van der Waals surface area contributed by atoms with Crippen LogP contribution in [0, 0.1) is 5.82 Å². The molecule has 0 atom stereocenters. The van der Waals surface area contributed by atoms with Gasteiger partial charge in [0.05, 0.1) is 22.6 Å². The van der Waals surface area contributed by atoms with E-state index in [-0.39, 0.29) is 5.02 Å². The molecule has 0 spiro atoms. The predicted octanol–water partition coefficient (Wildman–Crippen LogP) is 2.38. The molecule has 0 bridgehead atoms. The zero-order valence-electron chi connectivity index (χ0n) is 10.7. The Morgan fingerprint density at radius 3 is 2.85 bits per heavy atom. The van der Waals surface area contributed by atoms with Gasteiger partial charge >= 0.3 is 0 Å². The number of halogens is 2. The smallest absolute Gasteiger partial charge is 0.141 e. The Bertz CT molecular complexity index is 749. The average molecular weight is 292 g/mol. The molecular formula is C13H11ClFN5. The van der Waals surface area contributed by atoms with Gasteiger partial charge < -0.3 is 0 Å². The highest BCUT2D eigenvalue weighted by Gasteiger charge is 2.08. The van der Waals surface area contributed by atoms with Crippen LogP contribution in [-0.4, -0.2) is 24.8 Å². The summed E-state index contributed by atoms with van der Waals surface area (Å²) < 4.78 is 16.5. The lowest BCUT2D eigenvalue weighted by atomic mass is 10.2. The highest BCUT2D eigenvalue weighted by atomic mass is 35.5. The maximum absolute atomic E-state index is 13.1. The number of rotatable bonds is 3. The van der Waals surface area contributed by atoms with E-state index >= 15 is 0 Å². The zero-order chi connectivity index (χ0) is 14.1. The fourth-order valence-corrected chi connectivity index (χ4v) is 2.07. The third-order valence-electron chi connectivity index (χ3n) is 2.99. The largest absolute Gasteiger partial charge is 0.272 e. The van der Waals surface area contributed by atoms with E-state index < -0.39 is 5.82 Å². The molecule has 0 amide bonds. The zero-order valence-corrected chi connectivity index (χ0v) is 11.4. The van der Waals surface area contributed by atoms with Crippen LogP contribution in [0.3, 0.4) is 0 Å². The SMILES string of the molecule is Cn1nccc1Cc1cn(-c2ccc(F)c(Cl)c2)nn1. The summed E-state index contributed by atoms with van der Waals surface area (Å²) in [5.74, 6) is -0.453. The standard InChI is InChI=1S/C13H11ClFN5/c1-19-10(4-5-16-19)6-9-8-20(18-17-9)11-2-3-13(15)12(14)7-11/h2-5,7-8H,6H2,1H3. The first kappa shape index (κ1) is 12.8. The Labute approximate surface area is 119 Å². The second kappa shape index (κ2) is 5.05. The van der Waals surface area contributed by atoms with Crippen LogP contribution in [0.15, 0.2) is 36.7 Å². The molecule has 3 aromatic rings. The average Bonchev–Trinajstić information content (AvgIpc) is 3.04. The van der Waals surface area contributed by atoms with Gasteiger partial charge in [0.1, 0.15) is 5.82 Å². The van der Waals surface area contributed by atoms with Gasteiger partial charge in [0.2, 0.25) is 0 Å². The molecular weight excluding hydrogens is 281 g/mol. The van der Waals surface area contributed by atoms with Crippen molar-refractivity contribution < 1.29 is 4.39 Å². The van der Waals surface area contributed by atoms with Crippen molar-refractivity contribution >= 4 is 11.6 Å². The molecule has 0 aliphatic heterocycles. The third-order valence-corrected chi connectivity index (χ3v) is 3.28. The first-order valence-corrected chi connectivity index (χ1v) is 6.35. The summed E-state index contributed by atoms with van der Waals surface area (Å²) in [7, 11) is 1.87. The number of benzene rings is 1. The lowest BCUT2D eigenvalue weighted by Crippen LogP contribution is -1.99. The van der Waals surface area contributed by atoms with E-state index in [4.69, 9.17) is 11.6 Å². The lowest BCUT2D eigenvalue weighted by molar-refractivity contribution is 0.627. The van der Waals surface area contributed by atoms with Gasteiger partial charge in [-0.05, 0) is 24.3 Å². The molecule has 7 heteroatoms. The quantitative estimate of drug-likeness (QED) is 0.744. The predicted molar refractivity (Wildman–Crippen MR) is 72.3 cm³/mol. The maximum atomic E-state index is 13.1. The van der Waals surface area contributed by atoms with Crippen LogP contribution in [0.25, 0.3) is 5.69 Å². The van der Waals surface area contributed by atoms with E-state index in [9.17, 15) is 4.39 Å². The van der Waals surface area contributed by atoms with Gasteiger partial charge in [0.25, 0.3) is 0 Å². The summed E-state index contributed by atoms with van der Waals surface area (Å²) >= 11 is 5.76. The molecule has 0 aliphatic rings. The summed E-state index contributed by atoms with van der Waals surface area (Å²) in [5, 5.41) is 12.3. The fourth-order valence-electron chi connectivity index (χ4n) is 1.89. The molecule has 0 radical (unpaired) electrons. The number of nitrogens with zero attached hydrogens (tertiary/aromatic N) is 5. The van der Waals surface area contributed by atoms with Gasteiger partial charge in [-0.3, -0.25) is 4.68 Å². The summed E-state index contributed by atoms with van der Waals surface area (Å²) in [5.41, 5.74) is 2.50. The highest BCUT2D eigenvalue weighted by molar-refractivity contribution is 6.30. The number of aryl methyl sites for hydroxylation is 1. The van der Waals surface area contributed by atoms with Crippen molar-refractivity contribution in [2.45, 2.75) is 6.42 Å². The Balaban J connectivity index is 1.86. The van der Waals surface area contributed by atoms with Crippen LogP contribution in [-0.2, 0) is 13.5 Å². The van der Waals surface area contributed by atoms with E-state index in [1.165, 1.54) is 12.1 Å². The van der Waals surface area contributed by atoms with Gasteiger partial charge in [0.15, 0.2) is 0 Å². The monoisotopic (exact) mass is 291 g/mol. The van der Waals surface area contributed by atoms with Gasteiger partial charge in [-0.1, -0.05) is 16.8 Å². The number of aromatic nitrogens is 5. The van der Waals surface area contributed by atoms with Crippen molar-refractivity contribution in [1.29, 1.82) is 0 Å². The number of hydrogen-bond donors (Lipinski definition) is 0. The van der Waals surface area contributed by atoms with Crippen LogP contribution in [0.4, 0.5) is 4.39 Å². The topological polar surface area (TPSA) is 48.5 Å². The molecule has 2 heterocycles. The minimum atomic E-state index is -0.453. The van der Waals surface area contributed by atoms with Crippen molar-refractivity contribution in [3.8, 4) is 5.69 Å². The first-order chi connectivity index (χ1) is 9.63. The van der Waals surface area contributed by atoms with Gasteiger partial charge in [-0.25, -0.2) is 9.07 Å². The van der Waals surface area contributed by atoms with Crippen LogP contribution >= 0.6 is 11.6 Å². The van der Waals surface area contributed by atoms with E-state index in [2.05, 4.69) is 15.4 Å². The van der Waals surface area contributed by atoms with Crippen molar-refractivity contribution in [3.63, 3.8) is 0 Å². The molecule has 3 rings (SSSR count). The van der Waals surface area contributed by atoms with Crippen LogP contribution in [0.2, 0.25) is 5.02 Å². The molecule has 1 aromatic carbocycles. The van der Waals surface area contributed by atoms with Crippen molar-refractivity contribution in [2.24, 2.45) is 7.05 Å². The minimum Gasteiger partial charge on any atom is -0.272 e. The Morgan fingerprint density at radius 2 is 2.15 bits per heavy atom. The minimum absolute atomic E-state index is 0.0613. The molecule has 0 saturated heterocycles.